The van der Waals surface area contributed by atoms with Crippen LogP contribution < -0.4 is 19.3 Å². The normalized spacial score (nSPS) is 20.1. The number of rotatable bonds is 5. The molecule has 1 atom stereocenters. The van der Waals surface area contributed by atoms with Gasteiger partial charge in [-0.15, -0.1) is 13.2 Å². The van der Waals surface area contributed by atoms with Crippen LogP contribution in [-0.2, 0) is 9.59 Å². The van der Waals surface area contributed by atoms with Gasteiger partial charge in [-0.2, -0.15) is 0 Å². The summed E-state index contributed by atoms with van der Waals surface area (Å²) in [7, 11) is 1.61. The molecule has 7 nitrogen and oxygen atoms in total. The largest absolute Gasteiger partial charge is 0.573 e. The number of halogens is 3. The Morgan fingerprint density at radius 1 is 0.844 bits per heavy atom. The molecule has 10 heteroatoms. The second-order valence-electron chi connectivity index (χ2n) is 7.55. The zero-order valence-electron chi connectivity index (χ0n) is 17.3. The molecule has 2 heterocycles. The molecule has 0 aliphatic carbocycles. The molecular formula is C22H22F3N3O4. The quantitative estimate of drug-likeness (QED) is 0.654. The molecule has 2 aliphatic rings. The van der Waals surface area contributed by atoms with Gasteiger partial charge in [-0.3, -0.25) is 14.5 Å². The predicted molar refractivity (Wildman–Crippen MR) is 111 cm³/mol. The topological polar surface area (TPSA) is 62.3 Å². The molecule has 0 bridgehead atoms. The summed E-state index contributed by atoms with van der Waals surface area (Å²) in [4.78, 5) is 30.7. The monoisotopic (exact) mass is 449 g/mol. The van der Waals surface area contributed by atoms with Crippen molar-refractivity contribution in [3.63, 3.8) is 0 Å². The number of hydrogen-bond donors (Lipinski definition) is 0. The first-order valence-corrected chi connectivity index (χ1v) is 10.1. The summed E-state index contributed by atoms with van der Waals surface area (Å²) in [5.41, 5.74) is 1.29. The Morgan fingerprint density at radius 3 is 1.97 bits per heavy atom. The number of amides is 2. The van der Waals surface area contributed by atoms with Crippen LogP contribution in [0.1, 0.15) is 6.42 Å². The lowest BCUT2D eigenvalue weighted by Gasteiger charge is -2.38. The van der Waals surface area contributed by atoms with Crippen molar-refractivity contribution in [3.8, 4) is 11.5 Å². The van der Waals surface area contributed by atoms with E-state index in [-0.39, 0.29) is 23.9 Å². The van der Waals surface area contributed by atoms with Crippen LogP contribution >= 0.6 is 0 Å². The van der Waals surface area contributed by atoms with E-state index in [1.807, 2.05) is 29.2 Å². The van der Waals surface area contributed by atoms with Gasteiger partial charge in [0, 0.05) is 31.9 Å². The fraction of sp³-hybridized carbons (Fsp3) is 0.364. The van der Waals surface area contributed by atoms with Crippen LogP contribution in [0.25, 0.3) is 0 Å². The number of nitrogens with zero attached hydrogens (tertiary/aromatic N) is 3. The zero-order valence-corrected chi connectivity index (χ0v) is 17.3. The van der Waals surface area contributed by atoms with Crippen LogP contribution in [-0.4, -0.2) is 62.4 Å². The molecule has 170 valence electrons. The SMILES string of the molecule is COc1ccc(N2CCN([C@@H]3CC(=O)N(c4ccc(OC(F)(F)F)cc4)C3=O)CC2)cc1. The van der Waals surface area contributed by atoms with Crippen molar-refractivity contribution in [2.75, 3.05) is 43.1 Å². The third kappa shape index (κ3) is 4.64. The number of carbonyl (C=O) groups is 2. The molecule has 0 radical (unpaired) electrons. The van der Waals surface area contributed by atoms with Gasteiger partial charge in [0.25, 0.3) is 5.91 Å². The highest BCUT2D eigenvalue weighted by Crippen LogP contribution is 2.30. The summed E-state index contributed by atoms with van der Waals surface area (Å²) in [5.74, 6) is -0.369. The second kappa shape index (κ2) is 8.70. The van der Waals surface area contributed by atoms with Gasteiger partial charge in [0.05, 0.1) is 25.3 Å². The van der Waals surface area contributed by atoms with Gasteiger partial charge >= 0.3 is 6.36 Å². The molecule has 2 aromatic rings. The maximum absolute atomic E-state index is 13.0. The van der Waals surface area contributed by atoms with Gasteiger partial charge in [0.2, 0.25) is 5.91 Å². The minimum Gasteiger partial charge on any atom is -0.497 e. The Kier molecular flexibility index (Phi) is 5.96. The lowest BCUT2D eigenvalue weighted by molar-refractivity contribution is -0.274. The summed E-state index contributed by atoms with van der Waals surface area (Å²) in [5, 5.41) is 0. The van der Waals surface area contributed by atoms with E-state index in [4.69, 9.17) is 4.74 Å². The zero-order chi connectivity index (χ0) is 22.9. The van der Waals surface area contributed by atoms with E-state index in [2.05, 4.69) is 9.64 Å². The van der Waals surface area contributed by atoms with Crippen molar-refractivity contribution in [1.82, 2.24) is 4.90 Å². The molecule has 2 aromatic carbocycles. The van der Waals surface area contributed by atoms with Crippen LogP contribution in [0.3, 0.4) is 0 Å². The number of anilines is 2. The Labute approximate surface area is 182 Å². The predicted octanol–water partition coefficient (Wildman–Crippen LogP) is 3.05. The highest BCUT2D eigenvalue weighted by molar-refractivity contribution is 6.22. The number of benzene rings is 2. The molecule has 4 rings (SSSR count). The standard InChI is InChI=1S/C22H22F3N3O4/c1-31-17-6-2-15(3-7-17)26-10-12-27(13-11-26)19-14-20(29)28(21(19)30)16-4-8-18(9-5-16)32-22(23,24)25/h2-9,19H,10-14H2,1H3/t19-/m1/s1. The number of ether oxygens (including phenoxy) is 2. The first kappa shape index (κ1) is 21.9. The van der Waals surface area contributed by atoms with Crippen molar-refractivity contribution in [1.29, 1.82) is 0 Å². The number of piperazine rings is 1. The third-order valence-corrected chi connectivity index (χ3v) is 5.64. The van der Waals surface area contributed by atoms with Crippen LogP contribution in [0.5, 0.6) is 11.5 Å². The van der Waals surface area contributed by atoms with E-state index in [9.17, 15) is 22.8 Å². The van der Waals surface area contributed by atoms with Crippen molar-refractivity contribution < 1.29 is 32.2 Å². The maximum atomic E-state index is 13.0. The van der Waals surface area contributed by atoms with E-state index in [0.29, 0.717) is 26.2 Å². The van der Waals surface area contributed by atoms with Gasteiger partial charge in [-0.05, 0) is 48.5 Å². The minimum absolute atomic E-state index is 0.0438. The van der Waals surface area contributed by atoms with Gasteiger partial charge < -0.3 is 14.4 Å². The van der Waals surface area contributed by atoms with Gasteiger partial charge in [-0.1, -0.05) is 0 Å². The van der Waals surface area contributed by atoms with Gasteiger partial charge in [0.15, 0.2) is 0 Å². The van der Waals surface area contributed by atoms with E-state index in [0.717, 1.165) is 28.5 Å². The molecule has 0 spiro atoms. The fourth-order valence-electron chi connectivity index (χ4n) is 4.05. The number of hydrogen-bond acceptors (Lipinski definition) is 6. The van der Waals surface area contributed by atoms with Crippen LogP contribution in [0.2, 0.25) is 0 Å². The average molecular weight is 449 g/mol. The summed E-state index contributed by atoms with van der Waals surface area (Å²) in [6, 6.07) is 11.9. The van der Waals surface area contributed by atoms with Gasteiger partial charge in [0.1, 0.15) is 11.5 Å². The first-order valence-electron chi connectivity index (χ1n) is 10.1. The number of methoxy groups -OCH3 is 1. The molecule has 2 fully saturated rings. The van der Waals surface area contributed by atoms with Crippen molar-refractivity contribution in [2.24, 2.45) is 0 Å². The molecule has 2 saturated heterocycles. The number of imide groups is 1. The molecule has 0 unspecified atom stereocenters. The second-order valence-corrected chi connectivity index (χ2v) is 7.55. The fourth-order valence-corrected chi connectivity index (χ4v) is 4.05. The van der Waals surface area contributed by atoms with Crippen LogP contribution in [0.15, 0.2) is 48.5 Å². The van der Waals surface area contributed by atoms with E-state index in [1.54, 1.807) is 7.11 Å². The van der Waals surface area contributed by atoms with Gasteiger partial charge in [-0.25, -0.2) is 4.90 Å². The van der Waals surface area contributed by atoms with Crippen molar-refractivity contribution in [2.45, 2.75) is 18.8 Å². The Hall–Kier alpha value is -3.27. The van der Waals surface area contributed by atoms with Crippen molar-refractivity contribution >= 4 is 23.2 Å². The summed E-state index contributed by atoms with van der Waals surface area (Å²) in [6.07, 6.45) is -4.76. The van der Waals surface area contributed by atoms with E-state index in [1.165, 1.54) is 12.1 Å². The van der Waals surface area contributed by atoms with E-state index < -0.39 is 18.2 Å². The average Bonchev–Trinajstić information content (AvgIpc) is 3.07. The van der Waals surface area contributed by atoms with E-state index >= 15 is 0 Å². The molecule has 2 aliphatic heterocycles. The molecule has 2 amide bonds. The van der Waals surface area contributed by atoms with Crippen LogP contribution in [0, 0.1) is 0 Å². The molecular weight excluding hydrogens is 427 g/mol. The molecule has 0 N–H and O–H groups in total. The first-order chi connectivity index (χ1) is 15.2. The highest BCUT2D eigenvalue weighted by Gasteiger charge is 2.43. The Bertz CT molecular complexity index is 971. The summed E-state index contributed by atoms with van der Waals surface area (Å²) >= 11 is 0. The Morgan fingerprint density at radius 2 is 1.41 bits per heavy atom. The molecule has 32 heavy (non-hydrogen) atoms. The van der Waals surface area contributed by atoms with Crippen LogP contribution in [0.4, 0.5) is 24.5 Å². The highest BCUT2D eigenvalue weighted by atomic mass is 19.4. The lowest BCUT2D eigenvalue weighted by Crippen LogP contribution is -2.52. The molecule has 0 saturated carbocycles. The maximum Gasteiger partial charge on any atom is 0.573 e. The number of alkyl halides is 3. The summed E-state index contributed by atoms with van der Waals surface area (Å²) in [6.45, 7) is 2.63. The lowest BCUT2D eigenvalue weighted by atomic mass is 10.1. The Balaban J connectivity index is 1.39. The summed E-state index contributed by atoms with van der Waals surface area (Å²) < 4.78 is 46.0. The third-order valence-electron chi connectivity index (χ3n) is 5.64. The smallest absolute Gasteiger partial charge is 0.497 e. The molecule has 0 aromatic heterocycles. The minimum atomic E-state index is -4.81. The number of carbonyl (C=O) groups excluding carboxylic acids is 2. The van der Waals surface area contributed by atoms with Crippen molar-refractivity contribution in [3.05, 3.63) is 48.5 Å².